The van der Waals surface area contributed by atoms with E-state index in [1.165, 1.54) is 19.2 Å². The standard InChI is InChI=1S/C19H19Cl2FN2O3/c1-10-4-5-12(19(26)27-3)6-17(10)24-18(25)9-23-11(2)13-7-16(22)15(21)8-14(13)20/h4-8,11,23H,9H2,1-3H3,(H,24,25)/t11-/m1/s1. The summed E-state index contributed by atoms with van der Waals surface area (Å²) < 4.78 is 18.3. The molecule has 0 radical (unpaired) electrons. The smallest absolute Gasteiger partial charge is 0.337 e. The van der Waals surface area contributed by atoms with Gasteiger partial charge in [0.25, 0.3) is 0 Å². The highest BCUT2D eigenvalue weighted by atomic mass is 35.5. The van der Waals surface area contributed by atoms with Crippen LogP contribution in [0.25, 0.3) is 0 Å². The Morgan fingerprint density at radius 1 is 1.19 bits per heavy atom. The van der Waals surface area contributed by atoms with Crippen LogP contribution in [-0.2, 0) is 9.53 Å². The Labute approximate surface area is 166 Å². The molecule has 144 valence electrons. The summed E-state index contributed by atoms with van der Waals surface area (Å²) in [6.07, 6.45) is 0. The van der Waals surface area contributed by atoms with E-state index in [4.69, 9.17) is 23.2 Å². The molecule has 0 spiro atoms. The molecule has 0 aliphatic heterocycles. The summed E-state index contributed by atoms with van der Waals surface area (Å²) in [5.41, 5.74) is 2.14. The van der Waals surface area contributed by atoms with E-state index in [1.54, 1.807) is 25.1 Å². The first kappa shape index (κ1) is 21.2. The predicted octanol–water partition coefficient (Wildman–Crippen LogP) is 4.52. The minimum atomic E-state index is -0.579. The lowest BCUT2D eigenvalue weighted by Crippen LogP contribution is -2.30. The minimum Gasteiger partial charge on any atom is -0.465 e. The number of hydrogen-bond donors (Lipinski definition) is 2. The third kappa shape index (κ3) is 5.42. The van der Waals surface area contributed by atoms with Gasteiger partial charge in [-0.3, -0.25) is 4.79 Å². The van der Waals surface area contributed by atoms with Crippen LogP contribution in [0.3, 0.4) is 0 Å². The number of hydrogen-bond acceptors (Lipinski definition) is 4. The second kappa shape index (κ2) is 9.17. The molecule has 2 aromatic rings. The van der Waals surface area contributed by atoms with Crippen molar-refractivity contribution in [1.29, 1.82) is 0 Å². The Morgan fingerprint density at radius 2 is 1.89 bits per heavy atom. The zero-order valence-corrected chi connectivity index (χ0v) is 16.5. The maximum atomic E-state index is 13.6. The van der Waals surface area contributed by atoms with Gasteiger partial charge in [0.1, 0.15) is 5.82 Å². The van der Waals surface area contributed by atoms with Crippen molar-refractivity contribution in [3.05, 3.63) is 62.9 Å². The van der Waals surface area contributed by atoms with Crippen LogP contribution in [-0.4, -0.2) is 25.5 Å². The van der Waals surface area contributed by atoms with Gasteiger partial charge in [-0.1, -0.05) is 29.3 Å². The van der Waals surface area contributed by atoms with E-state index in [-0.39, 0.29) is 23.5 Å². The molecule has 27 heavy (non-hydrogen) atoms. The first-order chi connectivity index (χ1) is 12.7. The molecular weight excluding hydrogens is 394 g/mol. The van der Waals surface area contributed by atoms with Crippen molar-refractivity contribution in [1.82, 2.24) is 5.32 Å². The van der Waals surface area contributed by atoms with Crippen LogP contribution >= 0.6 is 23.2 Å². The van der Waals surface area contributed by atoms with Crippen molar-refractivity contribution in [3.63, 3.8) is 0 Å². The molecule has 5 nitrogen and oxygen atoms in total. The molecular formula is C19H19Cl2FN2O3. The van der Waals surface area contributed by atoms with Gasteiger partial charge in [0.05, 0.1) is 24.2 Å². The molecule has 0 bridgehead atoms. The lowest BCUT2D eigenvalue weighted by molar-refractivity contribution is -0.115. The van der Waals surface area contributed by atoms with Gasteiger partial charge in [-0.2, -0.15) is 0 Å². The summed E-state index contributed by atoms with van der Waals surface area (Å²) in [5, 5.41) is 5.96. The molecule has 2 N–H and O–H groups in total. The van der Waals surface area contributed by atoms with E-state index in [0.717, 1.165) is 5.56 Å². The summed E-state index contributed by atoms with van der Waals surface area (Å²) in [7, 11) is 1.29. The Balaban J connectivity index is 2.02. The van der Waals surface area contributed by atoms with Gasteiger partial charge in [0, 0.05) is 16.8 Å². The number of benzene rings is 2. The first-order valence-electron chi connectivity index (χ1n) is 8.09. The molecule has 0 aliphatic carbocycles. The van der Waals surface area contributed by atoms with E-state index in [1.807, 2.05) is 6.92 Å². The molecule has 2 rings (SSSR count). The Morgan fingerprint density at radius 3 is 2.56 bits per heavy atom. The Hall–Kier alpha value is -2.15. The molecule has 1 amide bonds. The summed E-state index contributed by atoms with van der Waals surface area (Å²) >= 11 is 11.8. The van der Waals surface area contributed by atoms with E-state index in [9.17, 15) is 14.0 Å². The van der Waals surface area contributed by atoms with Crippen molar-refractivity contribution in [3.8, 4) is 0 Å². The largest absolute Gasteiger partial charge is 0.465 e. The molecule has 2 aromatic carbocycles. The number of ether oxygens (including phenoxy) is 1. The fraction of sp³-hybridized carbons (Fsp3) is 0.263. The summed E-state index contributed by atoms with van der Waals surface area (Å²) in [6.45, 7) is 3.53. The molecule has 0 unspecified atom stereocenters. The number of anilines is 1. The van der Waals surface area contributed by atoms with E-state index in [2.05, 4.69) is 15.4 Å². The molecule has 0 aliphatic rings. The van der Waals surface area contributed by atoms with Gasteiger partial charge >= 0.3 is 5.97 Å². The predicted molar refractivity (Wildman–Crippen MR) is 104 cm³/mol. The maximum absolute atomic E-state index is 13.6. The fourth-order valence-electron chi connectivity index (χ4n) is 2.42. The highest BCUT2D eigenvalue weighted by Gasteiger charge is 2.15. The maximum Gasteiger partial charge on any atom is 0.337 e. The SMILES string of the molecule is COC(=O)c1ccc(C)c(NC(=O)CN[C@H](C)c2cc(F)c(Cl)cc2Cl)c1. The first-order valence-corrected chi connectivity index (χ1v) is 8.85. The molecule has 8 heteroatoms. The quantitative estimate of drug-likeness (QED) is 0.540. The van der Waals surface area contributed by atoms with Crippen LogP contribution in [0.1, 0.15) is 34.5 Å². The third-order valence-corrected chi connectivity index (χ3v) is 4.62. The van der Waals surface area contributed by atoms with Gasteiger partial charge < -0.3 is 15.4 Å². The number of methoxy groups -OCH3 is 1. The van der Waals surface area contributed by atoms with Crippen LogP contribution in [0.15, 0.2) is 30.3 Å². The van der Waals surface area contributed by atoms with Crippen molar-refractivity contribution >= 4 is 40.8 Å². The van der Waals surface area contributed by atoms with Gasteiger partial charge in [-0.25, -0.2) is 9.18 Å². The highest BCUT2D eigenvalue weighted by Crippen LogP contribution is 2.28. The lowest BCUT2D eigenvalue weighted by atomic mass is 10.1. The van der Waals surface area contributed by atoms with Gasteiger partial charge in [-0.05, 0) is 49.2 Å². The zero-order chi connectivity index (χ0) is 20.1. The number of amides is 1. The van der Waals surface area contributed by atoms with Gasteiger partial charge in [0.2, 0.25) is 5.91 Å². The normalized spacial score (nSPS) is 11.8. The molecule has 1 atom stereocenters. The van der Waals surface area contributed by atoms with Crippen LogP contribution in [0.5, 0.6) is 0 Å². The molecule has 0 aromatic heterocycles. The third-order valence-electron chi connectivity index (χ3n) is 4.01. The number of carbonyl (C=O) groups is 2. The number of halogens is 3. The number of esters is 1. The average Bonchev–Trinajstić information content (AvgIpc) is 2.63. The number of nitrogens with one attached hydrogen (secondary N) is 2. The van der Waals surface area contributed by atoms with E-state index >= 15 is 0 Å². The van der Waals surface area contributed by atoms with E-state index < -0.39 is 11.8 Å². The summed E-state index contributed by atoms with van der Waals surface area (Å²) in [6, 6.07) is 7.08. The minimum absolute atomic E-state index is 0.0381. The number of carbonyl (C=O) groups excluding carboxylic acids is 2. The monoisotopic (exact) mass is 412 g/mol. The average molecular weight is 413 g/mol. The molecule has 0 heterocycles. The summed E-state index contributed by atoms with van der Waals surface area (Å²) in [5.74, 6) is -1.39. The van der Waals surface area contributed by atoms with Gasteiger partial charge in [0.15, 0.2) is 0 Å². The van der Waals surface area contributed by atoms with Crippen LogP contribution in [0.4, 0.5) is 10.1 Å². The highest BCUT2D eigenvalue weighted by molar-refractivity contribution is 6.35. The second-order valence-corrected chi connectivity index (χ2v) is 6.77. The molecule has 0 saturated heterocycles. The second-order valence-electron chi connectivity index (χ2n) is 5.96. The van der Waals surface area contributed by atoms with Crippen molar-refractivity contribution in [2.75, 3.05) is 19.0 Å². The summed E-state index contributed by atoms with van der Waals surface area (Å²) in [4.78, 5) is 23.9. The lowest BCUT2D eigenvalue weighted by Gasteiger charge is -2.17. The van der Waals surface area contributed by atoms with Crippen LogP contribution < -0.4 is 10.6 Å². The Kier molecular flexibility index (Phi) is 7.18. The van der Waals surface area contributed by atoms with E-state index in [0.29, 0.717) is 21.8 Å². The fourth-order valence-corrected chi connectivity index (χ4v) is 2.97. The van der Waals surface area contributed by atoms with Crippen LogP contribution in [0.2, 0.25) is 10.0 Å². The van der Waals surface area contributed by atoms with Crippen molar-refractivity contribution in [2.45, 2.75) is 19.9 Å². The molecule has 0 saturated carbocycles. The van der Waals surface area contributed by atoms with Crippen molar-refractivity contribution < 1.29 is 18.7 Å². The number of aryl methyl sites for hydroxylation is 1. The van der Waals surface area contributed by atoms with Crippen LogP contribution in [0, 0.1) is 12.7 Å². The Bertz CT molecular complexity index is 874. The zero-order valence-electron chi connectivity index (χ0n) is 15.0. The topological polar surface area (TPSA) is 67.4 Å². The van der Waals surface area contributed by atoms with Crippen molar-refractivity contribution in [2.24, 2.45) is 0 Å². The number of rotatable bonds is 6. The molecule has 0 fully saturated rings. The van der Waals surface area contributed by atoms with Gasteiger partial charge in [-0.15, -0.1) is 0 Å².